The van der Waals surface area contributed by atoms with Gasteiger partial charge in [-0.2, -0.15) is 0 Å². The van der Waals surface area contributed by atoms with Crippen molar-refractivity contribution in [3.05, 3.63) is 59.3 Å². The third-order valence-electron chi connectivity index (χ3n) is 5.46. The van der Waals surface area contributed by atoms with Crippen molar-refractivity contribution in [2.45, 2.75) is 43.0 Å². The molecular formula is C19H19NOS. The first-order valence-corrected chi connectivity index (χ1v) is 8.40. The molecule has 0 unspecified atom stereocenters. The number of carbonyl (C=O) groups is 1. The van der Waals surface area contributed by atoms with Gasteiger partial charge in [0.1, 0.15) is 0 Å². The molecule has 3 heteroatoms. The number of rotatable bonds is 1. The van der Waals surface area contributed by atoms with Crippen molar-refractivity contribution >= 4 is 18.4 Å². The largest absolute Gasteiger partial charge is 0.294 e. The zero-order valence-corrected chi connectivity index (χ0v) is 13.4. The molecule has 2 aromatic rings. The first-order valence-electron chi connectivity index (χ1n) is 7.96. The Bertz CT molecular complexity index is 714. The van der Waals surface area contributed by atoms with Gasteiger partial charge in [0.2, 0.25) is 0 Å². The molecular weight excluding hydrogens is 290 g/mol. The van der Waals surface area contributed by atoms with Crippen LogP contribution in [0.15, 0.2) is 47.6 Å². The summed E-state index contributed by atoms with van der Waals surface area (Å²) >= 11 is 4.25. The number of ketones is 1. The average Bonchev–Trinajstić information content (AvgIpc) is 2.82. The number of aromatic nitrogens is 1. The summed E-state index contributed by atoms with van der Waals surface area (Å²) in [7, 11) is 0. The predicted molar refractivity (Wildman–Crippen MR) is 89.6 cm³/mol. The molecule has 0 aliphatic heterocycles. The molecule has 2 nitrogen and oxygen atoms in total. The van der Waals surface area contributed by atoms with Crippen molar-refractivity contribution in [3.63, 3.8) is 0 Å². The van der Waals surface area contributed by atoms with Gasteiger partial charge in [-0.25, -0.2) is 4.98 Å². The van der Waals surface area contributed by atoms with Crippen LogP contribution in [0.25, 0.3) is 0 Å². The fraction of sp³-hybridized carbons (Fsp3) is 0.368. The molecule has 1 heterocycles. The second-order valence-electron chi connectivity index (χ2n) is 6.67. The predicted octanol–water partition coefficient (Wildman–Crippen LogP) is 4.45. The lowest BCUT2D eigenvalue weighted by Crippen LogP contribution is -2.32. The summed E-state index contributed by atoms with van der Waals surface area (Å²) in [6, 6.07) is 12.2. The molecule has 22 heavy (non-hydrogen) atoms. The van der Waals surface area contributed by atoms with Gasteiger partial charge in [0.15, 0.2) is 5.78 Å². The van der Waals surface area contributed by atoms with Crippen molar-refractivity contribution < 1.29 is 4.79 Å². The first kappa shape index (κ1) is 14.0. The standard InChI is InChI=1S/C19H19NOS/c21-18-16-4-2-1-3-14(16)11-19(18)9-7-13(8-10-19)15-5-6-17(22)20-12-15/h1-6,12-13H,7-11H2,(H,20,22). The van der Waals surface area contributed by atoms with Crippen molar-refractivity contribution in [2.24, 2.45) is 5.41 Å². The van der Waals surface area contributed by atoms with Crippen LogP contribution in [0.4, 0.5) is 0 Å². The minimum atomic E-state index is -0.128. The van der Waals surface area contributed by atoms with Crippen molar-refractivity contribution in [3.8, 4) is 0 Å². The molecule has 1 fully saturated rings. The van der Waals surface area contributed by atoms with Gasteiger partial charge in [-0.05, 0) is 55.2 Å². The van der Waals surface area contributed by atoms with Crippen LogP contribution < -0.4 is 0 Å². The van der Waals surface area contributed by atoms with Crippen LogP contribution >= 0.6 is 12.6 Å². The zero-order valence-electron chi connectivity index (χ0n) is 12.5. The van der Waals surface area contributed by atoms with Crippen molar-refractivity contribution in [2.75, 3.05) is 0 Å². The molecule has 0 amide bonds. The van der Waals surface area contributed by atoms with Gasteiger partial charge in [-0.3, -0.25) is 4.79 Å². The highest BCUT2D eigenvalue weighted by Crippen LogP contribution is 2.50. The second-order valence-corrected chi connectivity index (χ2v) is 7.13. The van der Waals surface area contributed by atoms with E-state index in [0.717, 1.165) is 42.7 Å². The molecule has 1 saturated carbocycles. The maximum atomic E-state index is 12.8. The summed E-state index contributed by atoms with van der Waals surface area (Å²) < 4.78 is 0. The number of nitrogens with zero attached hydrogens (tertiary/aromatic N) is 1. The average molecular weight is 309 g/mol. The molecule has 4 rings (SSSR count). The van der Waals surface area contributed by atoms with Gasteiger partial charge < -0.3 is 0 Å². The third-order valence-corrected chi connectivity index (χ3v) is 5.72. The number of benzene rings is 1. The van der Waals surface area contributed by atoms with E-state index in [4.69, 9.17) is 0 Å². The third kappa shape index (κ3) is 2.19. The Morgan fingerprint density at radius 3 is 2.55 bits per heavy atom. The SMILES string of the molecule is O=C1c2ccccc2CC12CCC(c1ccc(S)nc1)CC2. The van der Waals surface area contributed by atoms with Gasteiger partial charge in [0, 0.05) is 17.2 Å². The molecule has 0 N–H and O–H groups in total. The Labute approximate surface area is 136 Å². The molecule has 1 aromatic carbocycles. The van der Waals surface area contributed by atoms with E-state index in [-0.39, 0.29) is 5.41 Å². The van der Waals surface area contributed by atoms with E-state index in [1.54, 1.807) is 0 Å². The minimum absolute atomic E-state index is 0.128. The lowest BCUT2D eigenvalue weighted by Gasteiger charge is -2.36. The Balaban J connectivity index is 1.53. The molecule has 1 aromatic heterocycles. The van der Waals surface area contributed by atoms with Crippen LogP contribution in [0.1, 0.15) is 53.1 Å². The Hall–Kier alpha value is -1.61. The highest BCUT2D eigenvalue weighted by Gasteiger charge is 2.47. The Morgan fingerprint density at radius 1 is 1.09 bits per heavy atom. The molecule has 0 saturated heterocycles. The van der Waals surface area contributed by atoms with Crippen LogP contribution in [0, 0.1) is 5.41 Å². The molecule has 2 aliphatic rings. The zero-order chi connectivity index (χ0) is 15.2. The number of thiol groups is 1. The summed E-state index contributed by atoms with van der Waals surface area (Å²) in [6.45, 7) is 0. The summed E-state index contributed by atoms with van der Waals surface area (Å²) in [5, 5.41) is 0.762. The normalized spacial score (nSPS) is 27.1. The highest BCUT2D eigenvalue weighted by atomic mass is 32.1. The van der Waals surface area contributed by atoms with Gasteiger partial charge in [0.05, 0.1) is 5.03 Å². The van der Waals surface area contributed by atoms with Crippen LogP contribution in [0.3, 0.4) is 0 Å². The number of fused-ring (bicyclic) bond motifs is 1. The molecule has 0 radical (unpaired) electrons. The van der Waals surface area contributed by atoms with Gasteiger partial charge in [-0.15, -0.1) is 12.6 Å². The quantitative estimate of drug-likeness (QED) is 0.789. The van der Waals surface area contributed by atoms with Crippen LogP contribution in [0.2, 0.25) is 0 Å². The van der Waals surface area contributed by atoms with E-state index in [9.17, 15) is 4.79 Å². The van der Waals surface area contributed by atoms with Crippen LogP contribution in [0.5, 0.6) is 0 Å². The van der Waals surface area contributed by atoms with E-state index in [2.05, 4.69) is 29.7 Å². The maximum Gasteiger partial charge on any atom is 0.169 e. The number of Topliss-reactive ketones (excluding diaryl/α,β-unsaturated/α-hetero) is 1. The van der Waals surface area contributed by atoms with E-state index < -0.39 is 0 Å². The van der Waals surface area contributed by atoms with Gasteiger partial charge in [0.25, 0.3) is 0 Å². The Morgan fingerprint density at radius 2 is 1.86 bits per heavy atom. The lowest BCUT2D eigenvalue weighted by molar-refractivity contribution is 0.0734. The van der Waals surface area contributed by atoms with E-state index in [0.29, 0.717) is 11.7 Å². The van der Waals surface area contributed by atoms with Crippen LogP contribution in [-0.4, -0.2) is 10.8 Å². The first-order chi connectivity index (χ1) is 10.7. The van der Waals surface area contributed by atoms with Crippen molar-refractivity contribution in [1.29, 1.82) is 0 Å². The van der Waals surface area contributed by atoms with E-state index in [1.807, 2.05) is 30.5 Å². The summed E-state index contributed by atoms with van der Waals surface area (Å²) in [6.07, 6.45) is 7.01. The fourth-order valence-corrected chi connectivity index (χ4v) is 4.31. The van der Waals surface area contributed by atoms with Gasteiger partial charge in [-0.1, -0.05) is 30.3 Å². The summed E-state index contributed by atoms with van der Waals surface area (Å²) in [5.41, 5.74) is 3.36. The van der Waals surface area contributed by atoms with E-state index in [1.165, 1.54) is 11.1 Å². The van der Waals surface area contributed by atoms with Gasteiger partial charge >= 0.3 is 0 Å². The molecule has 0 atom stereocenters. The molecule has 112 valence electrons. The number of hydrogen-bond acceptors (Lipinski definition) is 3. The maximum absolute atomic E-state index is 12.8. The van der Waals surface area contributed by atoms with Crippen molar-refractivity contribution in [1.82, 2.24) is 4.98 Å². The number of pyridine rings is 1. The summed E-state index contributed by atoms with van der Waals surface area (Å²) in [4.78, 5) is 17.1. The monoisotopic (exact) mass is 309 g/mol. The minimum Gasteiger partial charge on any atom is -0.294 e. The number of carbonyl (C=O) groups excluding carboxylic acids is 1. The van der Waals surface area contributed by atoms with Crippen LogP contribution in [-0.2, 0) is 6.42 Å². The molecule has 1 spiro atoms. The Kier molecular flexibility index (Phi) is 3.33. The lowest BCUT2D eigenvalue weighted by atomic mass is 9.67. The molecule has 0 bridgehead atoms. The second kappa shape index (κ2) is 5.24. The summed E-state index contributed by atoms with van der Waals surface area (Å²) in [5.74, 6) is 0.911. The fourth-order valence-electron chi connectivity index (χ4n) is 4.17. The van der Waals surface area contributed by atoms with E-state index >= 15 is 0 Å². The molecule has 2 aliphatic carbocycles. The number of hydrogen-bond donors (Lipinski definition) is 1. The smallest absolute Gasteiger partial charge is 0.169 e. The highest BCUT2D eigenvalue weighted by molar-refractivity contribution is 7.80. The topological polar surface area (TPSA) is 30.0 Å².